The lowest BCUT2D eigenvalue weighted by atomic mass is 9.87. The third-order valence-corrected chi connectivity index (χ3v) is 7.76. The number of carbonyl (C=O) groups is 1. The van der Waals surface area contributed by atoms with Gasteiger partial charge in [0.15, 0.2) is 0 Å². The number of aliphatic imine (C=N–C) groups is 1. The fraction of sp³-hybridized carbons (Fsp3) is 0.520. The first-order valence-corrected chi connectivity index (χ1v) is 12.6. The molecule has 2 aliphatic carbocycles. The van der Waals surface area contributed by atoms with Gasteiger partial charge in [0.1, 0.15) is 0 Å². The van der Waals surface area contributed by atoms with Crippen LogP contribution >= 0.6 is 0 Å². The van der Waals surface area contributed by atoms with Gasteiger partial charge in [0.25, 0.3) is 5.91 Å². The van der Waals surface area contributed by atoms with Crippen LogP contribution in [-0.2, 0) is 14.8 Å². The maximum absolute atomic E-state index is 12.8. The molecule has 7 heteroatoms. The fourth-order valence-corrected chi connectivity index (χ4v) is 4.25. The van der Waals surface area contributed by atoms with E-state index < -0.39 is 20.3 Å². The van der Waals surface area contributed by atoms with Gasteiger partial charge < -0.3 is 5.32 Å². The lowest BCUT2D eigenvalue weighted by Gasteiger charge is -2.30. The number of nitrogens with zero attached hydrogens (tertiary/aromatic N) is 1. The minimum atomic E-state index is -3.45. The van der Waals surface area contributed by atoms with Crippen LogP contribution < -0.4 is 10.0 Å². The average molecular weight is 460 g/mol. The topological polar surface area (TPSA) is 87.6 Å². The standard InChI is InChI=1S/C25H37N3O3S/c1-7-26-17-14-19(2)18-20-12-15-25(6,16-13-20)27-23(29)21-8-10-22(11-9-21)28-32(30,31)24(3,4)5/h7-10,12-15,17,19,22,28H,11,16,18H2,1-6H3,(H,27,29)/b17-14-,26-7?. The van der Waals surface area contributed by atoms with Crippen LogP contribution in [0, 0.1) is 5.92 Å². The Hall–Kier alpha value is -2.25. The number of amides is 1. The van der Waals surface area contributed by atoms with Gasteiger partial charge in [0.05, 0.1) is 10.3 Å². The summed E-state index contributed by atoms with van der Waals surface area (Å²) < 4.78 is 26.5. The molecule has 0 spiro atoms. The van der Waals surface area contributed by atoms with Gasteiger partial charge in [-0.05, 0) is 59.8 Å². The van der Waals surface area contributed by atoms with Crippen LogP contribution in [-0.4, -0.2) is 36.9 Å². The highest BCUT2D eigenvalue weighted by atomic mass is 32.2. The van der Waals surface area contributed by atoms with Gasteiger partial charge in [-0.1, -0.05) is 55.0 Å². The summed E-state index contributed by atoms with van der Waals surface area (Å²) in [5.74, 6) is 0.228. The van der Waals surface area contributed by atoms with Crippen molar-refractivity contribution in [2.45, 2.75) is 77.1 Å². The summed E-state index contributed by atoms with van der Waals surface area (Å²) in [6.07, 6.45) is 19.3. The number of carbonyl (C=O) groups excluding carboxylic acids is 1. The summed E-state index contributed by atoms with van der Waals surface area (Å²) in [5.41, 5.74) is 1.35. The highest BCUT2D eigenvalue weighted by Crippen LogP contribution is 2.26. The number of allylic oxidation sites excluding steroid dienone is 3. The Bertz CT molecular complexity index is 978. The number of sulfonamides is 1. The van der Waals surface area contributed by atoms with Crippen LogP contribution in [0.15, 0.2) is 64.9 Å². The Morgan fingerprint density at radius 3 is 2.56 bits per heavy atom. The summed E-state index contributed by atoms with van der Waals surface area (Å²) >= 11 is 0. The number of rotatable bonds is 8. The molecular weight excluding hydrogens is 422 g/mol. The van der Waals surface area contributed by atoms with E-state index in [9.17, 15) is 13.2 Å². The Labute approximate surface area is 193 Å². The van der Waals surface area contributed by atoms with E-state index in [1.165, 1.54) is 5.57 Å². The zero-order valence-electron chi connectivity index (χ0n) is 20.1. The van der Waals surface area contributed by atoms with Crippen molar-refractivity contribution < 1.29 is 13.2 Å². The molecule has 2 aliphatic rings. The van der Waals surface area contributed by atoms with Crippen molar-refractivity contribution in [3.8, 4) is 0 Å². The van der Waals surface area contributed by atoms with E-state index in [2.05, 4.69) is 40.2 Å². The van der Waals surface area contributed by atoms with Crippen LogP contribution in [0.3, 0.4) is 0 Å². The van der Waals surface area contributed by atoms with Crippen LogP contribution in [0.5, 0.6) is 0 Å². The maximum atomic E-state index is 12.8. The first-order valence-electron chi connectivity index (χ1n) is 11.1. The minimum absolute atomic E-state index is 0.156. The van der Waals surface area contributed by atoms with Gasteiger partial charge in [-0.25, -0.2) is 13.1 Å². The average Bonchev–Trinajstić information content (AvgIpc) is 2.69. The molecule has 0 radical (unpaired) electrons. The van der Waals surface area contributed by atoms with E-state index in [0.717, 1.165) is 12.8 Å². The molecule has 2 N–H and O–H groups in total. The molecule has 0 aromatic carbocycles. The van der Waals surface area contributed by atoms with E-state index in [0.29, 0.717) is 17.9 Å². The highest BCUT2D eigenvalue weighted by Gasteiger charge is 2.31. The van der Waals surface area contributed by atoms with E-state index in [4.69, 9.17) is 0 Å². The minimum Gasteiger partial charge on any atom is -0.343 e. The quantitative estimate of drug-likeness (QED) is 0.529. The maximum Gasteiger partial charge on any atom is 0.251 e. The number of nitrogens with one attached hydrogen (secondary N) is 2. The summed E-state index contributed by atoms with van der Waals surface area (Å²) in [4.78, 5) is 16.9. The monoisotopic (exact) mass is 459 g/mol. The summed E-state index contributed by atoms with van der Waals surface area (Å²) in [5, 5.41) is 3.11. The first-order chi connectivity index (χ1) is 14.9. The smallest absolute Gasteiger partial charge is 0.251 e. The molecule has 1 amide bonds. The fourth-order valence-electron chi connectivity index (χ4n) is 3.32. The van der Waals surface area contributed by atoms with Crippen molar-refractivity contribution in [1.29, 1.82) is 0 Å². The Morgan fingerprint density at radius 2 is 2.03 bits per heavy atom. The van der Waals surface area contributed by atoms with Crippen LogP contribution in [0.1, 0.15) is 60.8 Å². The third kappa shape index (κ3) is 7.41. The van der Waals surface area contributed by atoms with Crippen molar-refractivity contribution >= 4 is 22.1 Å². The van der Waals surface area contributed by atoms with Crippen LogP contribution in [0.2, 0.25) is 0 Å². The largest absolute Gasteiger partial charge is 0.343 e. The Balaban J connectivity index is 1.90. The van der Waals surface area contributed by atoms with Crippen LogP contribution in [0.4, 0.5) is 0 Å². The summed E-state index contributed by atoms with van der Waals surface area (Å²) in [7, 11) is -3.45. The SMILES string of the molecule is CC=N/C=C\C(C)CC1=CCC(C)(NC(=O)C2=CCC(NS(=O)(=O)C(C)(C)C)C=C2)C=C1. The molecule has 32 heavy (non-hydrogen) atoms. The van der Waals surface area contributed by atoms with Crippen molar-refractivity contribution in [1.82, 2.24) is 10.0 Å². The van der Waals surface area contributed by atoms with Gasteiger partial charge in [-0.2, -0.15) is 0 Å². The molecule has 0 heterocycles. The Kier molecular flexibility index (Phi) is 8.60. The predicted molar refractivity (Wildman–Crippen MR) is 133 cm³/mol. The molecule has 0 saturated carbocycles. The lowest BCUT2D eigenvalue weighted by molar-refractivity contribution is -0.118. The normalized spacial score (nSPS) is 25.1. The second kappa shape index (κ2) is 10.6. The second-order valence-electron chi connectivity index (χ2n) is 9.71. The third-order valence-electron chi connectivity index (χ3n) is 5.53. The van der Waals surface area contributed by atoms with Gasteiger partial charge in [-0.15, -0.1) is 0 Å². The molecule has 6 nitrogen and oxygen atoms in total. The zero-order chi connectivity index (χ0) is 24.0. The van der Waals surface area contributed by atoms with Crippen molar-refractivity contribution in [2.24, 2.45) is 10.9 Å². The van der Waals surface area contributed by atoms with Gasteiger partial charge in [-0.3, -0.25) is 9.79 Å². The van der Waals surface area contributed by atoms with Crippen molar-refractivity contribution in [3.63, 3.8) is 0 Å². The molecule has 0 fully saturated rings. The Morgan fingerprint density at radius 1 is 1.31 bits per heavy atom. The summed E-state index contributed by atoms with van der Waals surface area (Å²) in [6, 6.07) is -0.342. The molecule has 0 bridgehead atoms. The number of hydrogen-bond donors (Lipinski definition) is 2. The molecule has 176 valence electrons. The lowest BCUT2D eigenvalue weighted by Crippen LogP contribution is -2.46. The molecule has 2 rings (SSSR count). The summed E-state index contributed by atoms with van der Waals surface area (Å²) in [6.45, 7) is 11.0. The second-order valence-corrected chi connectivity index (χ2v) is 12.2. The molecule has 3 atom stereocenters. The van der Waals surface area contributed by atoms with Crippen LogP contribution in [0.25, 0.3) is 0 Å². The van der Waals surface area contributed by atoms with Gasteiger partial charge in [0.2, 0.25) is 10.0 Å². The molecule has 0 aliphatic heterocycles. The van der Waals surface area contributed by atoms with Gasteiger partial charge in [0, 0.05) is 24.0 Å². The zero-order valence-corrected chi connectivity index (χ0v) is 20.9. The first kappa shape index (κ1) is 26.0. The predicted octanol–water partition coefficient (Wildman–Crippen LogP) is 4.35. The van der Waals surface area contributed by atoms with E-state index in [1.807, 2.05) is 26.1 Å². The van der Waals surface area contributed by atoms with Crippen molar-refractivity contribution in [2.75, 3.05) is 0 Å². The molecule has 3 unspecified atom stereocenters. The van der Waals surface area contributed by atoms with E-state index in [1.54, 1.807) is 45.2 Å². The molecule has 0 aromatic heterocycles. The molecule has 0 aromatic rings. The van der Waals surface area contributed by atoms with E-state index in [-0.39, 0.29) is 11.9 Å². The number of hydrogen-bond acceptors (Lipinski definition) is 4. The highest BCUT2D eigenvalue weighted by molar-refractivity contribution is 7.90. The van der Waals surface area contributed by atoms with Crippen molar-refractivity contribution in [3.05, 3.63) is 59.9 Å². The van der Waals surface area contributed by atoms with Gasteiger partial charge >= 0.3 is 0 Å². The van der Waals surface area contributed by atoms with E-state index >= 15 is 0 Å². The molecular formula is C25H37N3O3S. The molecule has 0 saturated heterocycles.